The second-order valence-corrected chi connectivity index (χ2v) is 5.26. The van der Waals surface area contributed by atoms with Crippen molar-refractivity contribution in [3.05, 3.63) is 54.1 Å². The monoisotopic (exact) mass is 295 g/mol. The number of aromatic nitrogens is 2. The molecule has 0 unspecified atom stereocenters. The molecule has 0 aliphatic carbocycles. The van der Waals surface area contributed by atoms with Gasteiger partial charge in [0.25, 0.3) is 0 Å². The number of carbonyl (C=O) groups is 1. The summed E-state index contributed by atoms with van der Waals surface area (Å²) in [5, 5.41) is 3.17. The van der Waals surface area contributed by atoms with Crippen LogP contribution in [0.1, 0.15) is 24.2 Å². The quantitative estimate of drug-likeness (QED) is 0.717. The molecule has 0 saturated heterocycles. The lowest BCUT2D eigenvalue weighted by atomic mass is 10.2. The highest BCUT2D eigenvalue weighted by atomic mass is 16.5. The van der Waals surface area contributed by atoms with Gasteiger partial charge in [-0.3, -0.25) is 0 Å². The zero-order valence-corrected chi connectivity index (χ0v) is 12.5. The van der Waals surface area contributed by atoms with Crippen LogP contribution in [-0.4, -0.2) is 22.0 Å². The van der Waals surface area contributed by atoms with E-state index in [9.17, 15) is 4.79 Å². The maximum absolute atomic E-state index is 11.9. The fraction of sp³-hybridized carbons (Fsp3) is 0.176. The van der Waals surface area contributed by atoms with Gasteiger partial charge in [-0.25, -0.2) is 9.78 Å². The summed E-state index contributed by atoms with van der Waals surface area (Å²) in [6.07, 6.45) is -0.139. The molecule has 0 radical (unpaired) electrons. The van der Waals surface area contributed by atoms with Gasteiger partial charge in [0.05, 0.1) is 22.7 Å². The maximum atomic E-state index is 11.9. The molecule has 22 heavy (non-hydrogen) atoms. The van der Waals surface area contributed by atoms with Gasteiger partial charge in [-0.05, 0) is 44.2 Å². The van der Waals surface area contributed by atoms with E-state index in [2.05, 4.69) is 15.3 Å². The summed E-state index contributed by atoms with van der Waals surface area (Å²) in [5.41, 5.74) is 3.13. The van der Waals surface area contributed by atoms with Crippen molar-refractivity contribution in [3.63, 3.8) is 0 Å². The zero-order valence-electron chi connectivity index (χ0n) is 12.5. The van der Waals surface area contributed by atoms with E-state index in [4.69, 9.17) is 4.74 Å². The Labute approximate surface area is 128 Å². The minimum Gasteiger partial charge on any atom is -0.459 e. The van der Waals surface area contributed by atoms with Gasteiger partial charge in [0, 0.05) is 5.69 Å². The van der Waals surface area contributed by atoms with Crippen molar-refractivity contribution in [2.24, 2.45) is 0 Å². The summed E-state index contributed by atoms with van der Waals surface area (Å²) >= 11 is 0. The Morgan fingerprint density at radius 1 is 1.18 bits per heavy atom. The van der Waals surface area contributed by atoms with Crippen LogP contribution in [0.5, 0.6) is 0 Å². The summed E-state index contributed by atoms with van der Waals surface area (Å²) in [7, 11) is 0. The standard InChI is InChI=1S/C17H17N3O2/c1-11(2)22-16(21)12-6-5-7-13(10-12)18-17-19-14-8-3-4-9-15(14)20-17/h3-11H,1-2H3,(H2,18,19,20). The van der Waals surface area contributed by atoms with Gasteiger partial charge in [-0.2, -0.15) is 0 Å². The van der Waals surface area contributed by atoms with Crippen LogP contribution in [0.4, 0.5) is 11.6 Å². The molecular weight excluding hydrogens is 278 g/mol. The van der Waals surface area contributed by atoms with Crippen molar-refractivity contribution < 1.29 is 9.53 Å². The average Bonchev–Trinajstić information content (AvgIpc) is 2.89. The van der Waals surface area contributed by atoms with Gasteiger partial charge in [-0.15, -0.1) is 0 Å². The third-order valence-corrected chi connectivity index (χ3v) is 3.09. The molecule has 0 saturated carbocycles. The van der Waals surface area contributed by atoms with E-state index in [0.29, 0.717) is 11.5 Å². The van der Waals surface area contributed by atoms with Gasteiger partial charge >= 0.3 is 5.97 Å². The van der Waals surface area contributed by atoms with Crippen LogP contribution >= 0.6 is 0 Å². The van der Waals surface area contributed by atoms with Gasteiger partial charge < -0.3 is 15.0 Å². The van der Waals surface area contributed by atoms with Gasteiger partial charge in [0.15, 0.2) is 0 Å². The summed E-state index contributed by atoms with van der Waals surface area (Å²) < 4.78 is 5.20. The highest BCUT2D eigenvalue weighted by Crippen LogP contribution is 2.19. The minimum absolute atomic E-state index is 0.139. The third-order valence-electron chi connectivity index (χ3n) is 3.09. The number of esters is 1. The molecule has 0 atom stereocenters. The number of H-pyrrole nitrogens is 1. The molecule has 3 aromatic rings. The number of ether oxygens (including phenoxy) is 1. The fourth-order valence-electron chi connectivity index (χ4n) is 2.15. The summed E-state index contributed by atoms with van der Waals surface area (Å²) in [6.45, 7) is 3.66. The van der Waals surface area contributed by atoms with Crippen molar-refractivity contribution in [1.29, 1.82) is 0 Å². The largest absolute Gasteiger partial charge is 0.459 e. The third kappa shape index (κ3) is 3.09. The number of para-hydroxylation sites is 2. The van der Waals surface area contributed by atoms with Crippen LogP contribution in [0.2, 0.25) is 0 Å². The van der Waals surface area contributed by atoms with Crippen LogP contribution in [0.3, 0.4) is 0 Å². The molecule has 0 bridgehead atoms. The van der Waals surface area contributed by atoms with Crippen LogP contribution in [0.25, 0.3) is 11.0 Å². The first-order chi connectivity index (χ1) is 10.6. The summed E-state index contributed by atoms with van der Waals surface area (Å²) in [4.78, 5) is 19.6. The second-order valence-electron chi connectivity index (χ2n) is 5.26. The predicted molar refractivity (Wildman–Crippen MR) is 86.4 cm³/mol. The Hall–Kier alpha value is -2.82. The molecule has 0 spiro atoms. The number of fused-ring (bicyclic) bond motifs is 1. The van der Waals surface area contributed by atoms with Crippen LogP contribution in [-0.2, 0) is 4.74 Å². The van der Waals surface area contributed by atoms with E-state index >= 15 is 0 Å². The molecule has 1 heterocycles. The second kappa shape index (κ2) is 5.89. The number of anilines is 2. The Balaban J connectivity index is 1.81. The Morgan fingerprint density at radius 3 is 2.77 bits per heavy atom. The number of benzene rings is 2. The lowest BCUT2D eigenvalue weighted by Crippen LogP contribution is -2.11. The molecule has 0 amide bonds. The Bertz CT molecular complexity index is 775. The average molecular weight is 295 g/mol. The van der Waals surface area contributed by atoms with E-state index in [-0.39, 0.29) is 12.1 Å². The number of imidazole rings is 1. The Morgan fingerprint density at radius 2 is 2.00 bits per heavy atom. The molecule has 3 rings (SSSR count). The molecule has 5 heteroatoms. The molecule has 0 aliphatic rings. The smallest absolute Gasteiger partial charge is 0.338 e. The maximum Gasteiger partial charge on any atom is 0.338 e. The number of nitrogens with one attached hydrogen (secondary N) is 2. The highest BCUT2D eigenvalue weighted by Gasteiger charge is 2.10. The van der Waals surface area contributed by atoms with Gasteiger partial charge in [-0.1, -0.05) is 18.2 Å². The highest BCUT2D eigenvalue weighted by molar-refractivity contribution is 5.91. The van der Waals surface area contributed by atoms with E-state index in [1.54, 1.807) is 12.1 Å². The SMILES string of the molecule is CC(C)OC(=O)c1cccc(Nc2nc3ccccc3[nH]2)c1. The molecule has 2 aromatic carbocycles. The van der Waals surface area contributed by atoms with Gasteiger partial charge in [0.1, 0.15) is 0 Å². The number of carbonyl (C=O) groups excluding carboxylic acids is 1. The van der Waals surface area contributed by atoms with E-state index in [1.165, 1.54) is 0 Å². The summed E-state index contributed by atoms with van der Waals surface area (Å²) in [6, 6.07) is 15.0. The van der Waals surface area contributed by atoms with E-state index in [1.807, 2.05) is 50.2 Å². The first kappa shape index (κ1) is 14.1. The van der Waals surface area contributed by atoms with Crippen molar-refractivity contribution >= 4 is 28.6 Å². The summed E-state index contributed by atoms with van der Waals surface area (Å²) in [5.74, 6) is 0.304. The zero-order chi connectivity index (χ0) is 15.5. The lowest BCUT2D eigenvalue weighted by Gasteiger charge is -2.09. The number of rotatable bonds is 4. The minimum atomic E-state index is -0.330. The fourth-order valence-corrected chi connectivity index (χ4v) is 2.15. The predicted octanol–water partition coefficient (Wildman–Crippen LogP) is 3.87. The van der Waals surface area contributed by atoms with Crippen LogP contribution < -0.4 is 5.32 Å². The van der Waals surface area contributed by atoms with Crippen molar-refractivity contribution in [2.45, 2.75) is 20.0 Å². The van der Waals surface area contributed by atoms with E-state index in [0.717, 1.165) is 16.7 Å². The number of hydrogen-bond acceptors (Lipinski definition) is 4. The normalized spacial score (nSPS) is 10.9. The molecule has 0 fully saturated rings. The van der Waals surface area contributed by atoms with E-state index < -0.39 is 0 Å². The van der Waals surface area contributed by atoms with Crippen molar-refractivity contribution in [3.8, 4) is 0 Å². The topological polar surface area (TPSA) is 67.0 Å². The molecule has 0 aliphatic heterocycles. The number of aromatic amines is 1. The lowest BCUT2D eigenvalue weighted by molar-refractivity contribution is 0.0378. The molecule has 2 N–H and O–H groups in total. The molecule has 5 nitrogen and oxygen atoms in total. The van der Waals surface area contributed by atoms with Gasteiger partial charge in [0.2, 0.25) is 5.95 Å². The Kier molecular flexibility index (Phi) is 3.78. The first-order valence-corrected chi connectivity index (χ1v) is 7.14. The van der Waals surface area contributed by atoms with Crippen LogP contribution in [0, 0.1) is 0 Å². The number of nitrogens with zero attached hydrogens (tertiary/aromatic N) is 1. The van der Waals surface area contributed by atoms with Crippen molar-refractivity contribution in [2.75, 3.05) is 5.32 Å². The molecular formula is C17H17N3O2. The first-order valence-electron chi connectivity index (χ1n) is 7.14. The van der Waals surface area contributed by atoms with Crippen LogP contribution in [0.15, 0.2) is 48.5 Å². The molecule has 112 valence electrons. The number of hydrogen-bond donors (Lipinski definition) is 2. The van der Waals surface area contributed by atoms with Crippen molar-refractivity contribution in [1.82, 2.24) is 9.97 Å². The molecule has 1 aromatic heterocycles.